The molecule has 0 bridgehead atoms. The maximum atomic E-state index is 12.7. The average molecular weight is 377 g/mol. The van der Waals surface area contributed by atoms with Crippen LogP contribution < -0.4 is 11.1 Å². The van der Waals surface area contributed by atoms with Crippen LogP contribution in [0.2, 0.25) is 5.02 Å². The molecular formula is C22H17ClN2O2. The molecule has 3 N–H and O–H groups in total. The zero-order valence-corrected chi connectivity index (χ0v) is 15.1. The van der Waals surface area contributed by atoms with Crippen LogP contribution in [-0.2, 0) is 4.79 Å². The van der Waals surface area contributed by atoms with Gasteiger partial charge >= 0.3 is 0 Å². The molecule has 0 unspecified atom stereocenters. The summed E-state index contributed by atoms with van der Waals surface area (Å²) in [5.41, 5.74) is 10.2. The summed E-state index contributed by atoms with van der Waals surface area (Å²) in [5.74, 6) is -1.27. The number of benzene rings is 3. The number of primary amides is 1. The van der Waals surface area contributed by atoms with Gasteiger partial charge in [0, 0.05) is 16.5 Å². The molecule has 1 aliphatic carbocycles. The van der Waals surface area contributed by atoms with Crippen molar-refractivity contribution in [3.8, 4) is 11.1 Å². The summed E-state index contributed by atoms with van der Waals surface area (Å²) >= 11 is 5.88. The van der Waals surface area contributed by atoms with Crippen molar-refractivity contribution in [3.63, 3.8) is 0 Å². The highest BCUT2D eigenvalue weighted by atomic mass is 35.5. The van der Waals surface area contributed by atoms with Gasteiger partial charge in [-0.25, -0.2) is 0 Å². The lowest BCUT2D eigenvalue weighted by molar-refractivity contribution is -0.120. The fourth-order valence-electron chi connectivity index (χ4n) is 3.70. The predicted molar refractivity (Wildman–Crippen MR) is 106 cm³/mol. The van der Waals surface area contributed by atoms with Crippen LogP contribution in [0.25, 0.3) is 11.1 Å². The second-order valence-electron chi connectivity index (χ2n) is 6.51. The largest absolute Gasteiger partial charge is 0.368 e. The molecule has 4 rings (SSSR count). The Morgan fingerprint density at radius 2 is 1.37 bits per heavy atom. The molecule has 4 nitrogen and oxygen atoms in total. The molecule has 0 radical (unpaired) electrons. The summed E-state index contributed by atoms with van der Waals surface area (Å²) in [4.78, 5) is 25.0. The van der Waals surface area contributed by atoms with Crippen molar-refractivity contribution in [1.82, 2.24) is 5.32 Å². The van der Waals surface area contributed by atoms with E-state index in [0.29, 0.717) is 10.6 Å². The number of hydrogen-bond donors (Lipinski definition) is 2. The van der Waals surface area contributed by atoms with E-state index >= 15 is 0 Å². The molecule has 0 saturated heterocycles. The van der Waals surface area contributed by atoms with Gasteiger partial charge in [0.15, 0.2) is 0 Å². The molecule has 0 fully saturated rings. The van der Waals surface area contributed by atoms with Crippen LogP contribution in [0.5, 0.6) is 0 Å². The minimum atomic E-state index is -0.863. The lowest BCUT2D eigenvalue weighted by Gasteiger charge is -2.24. The number of nitrogens with two attached hydrogens (primary N) is 1. The molecule has 0 saturated carbocycles. The molecule has 1 atom stereocenters. The Morgan fingerprint density at radius 3 is 1.89 bits per heavy atom. The zero-order chi connectivity index (χ0) is 19.0. The molecule has 3 aromatic rings. The molecular weight excluding hydrogens is 360 g/mol. The van der Waals surface area contributed by atoms with Crippen molar-refractivity contribution in [2.45, 2.75) is 12.0 Å². The fraction of sp³-hybridized carbons (Fsp3) is 0.0909. The van der Waals surface area contributed by atoms with Gasteiger partial charge < -0.3 is 11.1 Å². The molecule has 0 heterocycles. The second-order valence-corrected chi connectivity index (χ2v) is 6.95. The summed E-state index contributed by atoms with van der Waals surface area (Å²) in [5, 5.41) is 3.36. The van der Waals surface area contributed by atoms with E-state index in [0.717, 1.165) is 22.3 Å². The van der Waals surface area contributed by atoms with Gasteiger partial charge in [-0.1, -0.05) is 60.1 Å². The first-order valence-corrected chi connectivity index (χ1v) is 8.98. The van der Waals surface area contributed by atoms with E-state index in [1.807, 2.05) is 48.5 Å². The number of halogens is 1. The SMILES string of the molecule is NC(=O)[C@H](NC(=O)c1ccc(Cl)cc1)C1c2ccccc2-c2ccccc21. The topological polar surface area (TPSA) is 72.2 Å². The first-order chi connectivity index (χ1) is 13.1. The van der Waals surface area contributed by atoms with Crippen LogP contribution in [-0.4, -0.2) is 17.9 Å². The van der Waals surface area contributed by atoms with Gasteiger partial charge in [-0.05, 0) is 46.5 Å². The Morgan fingerprint density at radius 1 is 0.852 bits per heavy atom. The van der Waals surface area contributed by atoms with Gasteiger partial charge in [0.1, 0.15) is 6.04 Å². The minimum absolute atomic E-state index is 0.328. The first kappa shape index (κ1) is 17.3. The standard InChI is InChI=1S/C22H17ClN2O2/c23-14-11-9-13(10-12-14)22(27)25-20(21(24)26)19-17-7-3-1-5-15(17)16-6-2-4-8-18(16)19/h1-12,19-20H,(H2,24,26)(H,25,27)/t20-/m1/s1. The second kappa shape index (κ2) is 6.89. The van der Waals surface area contributed by atoms with Crippen LogP contribution >= 0.6 is 11.6 Å². The van der Waals surface area contributed by atoms with E-state index in [-0.39, 0.29) is 11.8 Å². The van der Waals surface area contributed by atoms with Gasteiger partial charge in [0.05, 0.1) is 0 Å². The third-order valence-electron chi connectivity index (χ3n) is 4.91. The Labute approximate surface area is 162 Å². The number of carbonyl (C=O) groups is 2. The first-order valence-electron chi connectivity index (χ1n) is 8.60. The Bertz CT molecular complexity index is 985. The van der Waals surface area contributed by atoms with E-state index < -0.39 is 11.9 Å². The van der Waals surface area contributed by atoms with Crippen molar-refractivity contribution in [2.24, 2.45) is 5.73 Å². The molecule has 1 aliphatic rings. The van der Waals surface area contributed by atoms with Crippen molar-refractivity contribution < 1.29 is 9.59 Å². The van der Waals surface area contributed by atoms with E-state index in [9.17, 15) is 9.59 Å². The number of nitrogens with one attached hydrogen (secondary N) is 1. The third-order valence-corrected chi connectivity index (χ3v) is 5.17. The van der Waals surface area contributed by atoms with Crippen LogP contribution in [0, 0.1) is 0 Å². The lowest BCUT2D eigenvalue weighted by atomic mass is 9.88. The third kappa shape index (κ3) is 3.09. The highest BCUT2D eigenvalue weighted by Crippen LogP contribution is 2.46. The number of carbonyl (C=O) groups excluding carboxylic acids is 2. The summed E-state index contributed by atoms with van der Waals surface area (Å²) in [6.45, 7) is 0. The molecule has 0 spiro atoms. The summed E-state index contributed by atoms with van der Waals surface area (Å²) in [6, 6.07) is 21.4. The molecule has 0 aliphatic heterocycles. The minimum Gasteiger partial charge on any atom is -0.368 e. The van der Waals surface area contributed by atoms with E-state index in [1.54, 1.807) is 24.3 Å². The van der Waals surface area contributed by atoms with Gasteiger partial charge in [-0.2, -0.15) is 0 Å². The molecule has 3 aromatic carbocycles. The smallest absolute Gasteiger partial charge is 0.251 e. The normalized spacial score (nSPS) is 13.5. The molecule has 2 amide bonds. The zero-order valence-electron chi connectivity index (χ0n) is 14.4. The Hall–Kier alpha value is -3.11. The summed E-state index contributed by atoms with van der Waals surface area (Å²) in [6.07, 6.45) is 0. The van der Waals surface area contributed by atoms with Crippen LogP contribution in [0.15, 0.2) is 72.8 Å². The van der Waals surface area contributed by atoms with Gasteiger partial charge in [-0.15, -0.1) is 0 Å². The number of amides is 2. The Balaban J connectivity index is 1.73. The molecule has 5 heteroatoms. The molecule has 0 aromatic heterocycles. The van der Waals surface area contributed by atoms with Gasteiger partial charge in [0.25, 0.3) is 5.91 Å². The summed E-state index contributed by atoms with van der Waals surface area (Å²) in [7, 11) is 0. The maximum absolute atomic E-state index is 12.7. The van der Waals surface area contributed by atoms with E-state index in [1.165, 1.54) is 0 Å². The van der Waals surface area contributed by atoms with Gasteiger partial charge in [-0.3, -0.25) is 9.59 Å². The van der Waals surface area contributed by atoms with Crippen molar-refractivity contribution in [2.75, 3.05) is 0 Å². The maximum Gasteiger partial charge on any atom is 0.251 e. The number of fused-ring (bicyclic) bond motifs is 3. The highest BCUT2D eigenvalue weighted by molar-refractivity contribution is 6.30. The van der Waals surface area contributed by atoms with Crippen LogP contribution in [0.1, 0.15) is 27.4 Å². The fourth-order valence-corrected chi connectivity index (χ4v) is 3.82. The van der Waals surface area contributed by atoms with E-state index in [4.69, 9.17) is 17.3 Å². The quantitative estimate of drug-likeness (QED) is 0.728. The number of hydrogen-bond acceptors (Lipinski definition) is 2. The monoisotopic (exact) mass is 376 g/mol. The predicted octanol–water partition coefficient (Wildman–Crippen LogP) is 3.74. The molecule has 134 valence electrons. The number of rotatable bonds is 4. The average Bonchev–Trinajstić information content (AvgIpc) is 3.01. The molecule has 27 heavy (non-hydrogen) atoms. The van der Waals surface area contributed by atoms with Crippen LogP contribution in [0.4, 0.5) is 0 Å². The van der Waals surface area contributed by atoms with Crippen LogP contribution in [0.3, 0.4) is 0 Å². The van der Waals surface area contributed by atoms with Gasteiger partial charge in [0.2, 0.25) is 5.91 Å². The highest BCUT2D eigenvalue weighted by Gasteiger charge is 2.37. The summed E-state index contributed by atoms with van der Waals surface area (Å²) < 4.78 is 0. The van der Waals surface area contributed by atoms with Crippen molar-refractivity contribution in [3.05, 3.63) is 94.5 Å². The van der Waals surface area contributed by atoms with Crippen molar-refractivity contribution in [1.29, 1.82) is 0 Å². The van der Waals surface area contributed by atoms with E-state index in [2.05, 4.69) is 5.32 Å². The Kier molecular flexibility index (Phi) is 4.42. The van der Waals surface area contributed by atoms with Crippen molar-refractivity contribution >= 4 is 23.4 Å². The lowest BCUT2D eigenvalue weighted by Crippen LogP contribution is -2.48.